The fourth-order valence-electron chi connectivity index (χ4n) is 7.48. The molecule has 10 aromatic rings. The van der Waals surface area contributed by atoms with E-state index in [1.54, 1.807) is 0 Å². The minimum absolute atomic E-state index is 0.877. The van der Waals surface area contributed by atoms with Gasteiger partial charge in [-0.25, -0.2) is 0 Å². The summed E-state index contributed by atoms with van der Waals surface area (Å²) in [5.74, 6) is 0.878. The van der Waals surface area contributed by atoms with Gasteiger partial charge in [-0.3, -0.25) is 0 Å². The van der Waals surface area contributed by atoms with Crippen molar-refractivity contribution in [2.45, 2.75) is 0 Å². The van der Waals surface area contributed by atoms with Gasteiger partial charge in [-0.1, -0.05) is 133 Å². The lowest BCUT2D eigenvalue weighted by atomic mass is 9.99. The summed E-state index contributed by atoms with van der Waals surface area (Å²) in [4.78, 5) is 2.44. The van der Waals surface area contributed by atoms with Crippen LogP contribution in [-0.4, -0.2) is 0 Å². The summed E-state index contributed by atoms with van der Waals surface area (Å²) in [6, 6.07) is 67.4. The molecule has 51 heavy (non-hydrogen) atoms. The predicted molar refractivity (Wildman–Crippen MR) is 218 cm³/mol. The monoisotopic (exact) mass is 669 g/mol. The minimum Gasteiger partial charge on any atom is -0.456 e. The Bertz CT molecular complexity index is 2860. The first-order chi connectivity index (χ1) is 25.3. The van der Waals surface area contributed by atoms with Crippen LogP contribution in [0.2, 0.25) is 0 Å². The molecule has 0 N–H and O–H groups in total. The lowest BCUT2D eigenvalue weighted by Crippen LogP contribution is -2.11. The topological polar surface area (TPSA) is 16.4 Å². The molecule has 0 saturated heterocycles. The Morgan fingerprint density at radius 2 is 1.06 bits per heavy atom. The second-order valence-electron chi connectivity index (χ2n) is 12.9. The maximum absolute atomic E-state index is 6.49. The van der Waals surface area contributed by atoms with E-state index >= 15 is 0 Å². The number of anilines is 3. The molecule has 0 amide bonds. The minimum atomic E-state index is 0.877. The van der Waals surface area contributed by atoms with Crippen LogP contribution in [0.3, 0.4) is 0 Å². The molecule has 0 fully saturated rings. The van der Waals surface area contributed by atoms with Gasteiger partial charge in [0.15, 0.2) is 0 Å². The maximum Gasteiger partial charge on any atom is 0.136 e. The van der Waals surface area contributed by atoms with Crippen molar-refractivity contribution in [3.05, 3.63) is 188 Å². The number of para-hydroxylation sites is 1. The fourth-order valence-corrected chi connectivity index (χ4v) is 8.61. The molecule has 0 unspecified atom stereocenters. The first-order valence-electron chi connectivity index (χ1n) is 17.3. The van der Waals surface area contributed by atoms with E-state index in [9.17, 15) is 0 Å². The predicted octanol–water partition coefficient (Wildman–Crippen LogP) is 14.4. The molecule has 10 rings (SSSR count). The summed E-state index contributed by atoms with van der Waals surface area (Å²) < 4.78 is 9.06. The van der Waals surface area contributed by atoms with Crippen LogP contribution in [0, 0.1) is 0 Å². The molecule has 0 saturated carbocycles. The van der Waals surface area contributed by atoms with Crippen molar-refractivity contribution in [1.82, 2.24) is 0 Å². The van der Waals surface area contributed by atoms with Crippen LogP contribution >= 0.6 is 11.3 Å². The second kappa shape index (κ2) is 12.2. The average Bonchev–Trinajstić information content (AvgIpc) is 3.80. The maximum atomic E-state index is 6.49. The first kappa shape index (κ1) is 29.5. The van der Waals surface area contributed by atoms with Crippen LogP contribution in [0.25, 0.3) is 75.5 Å². The highest BCUT2D eigenvalue weighted by atomic mass is 32.1. The smallest absolute Gasteiger partial charge is 0.136 e. The van der Waals surface area contributed by atoms with Crippen molar-refractivity contribution < 1.29 is 4.42 Å². The molecule has 2 heterocycles. The van der Waals surface area contributed by atoms with Gasteiger partial charge in [0.25, 0.3) is 0 Å². The lowest BCUT2D eigenvalue weighted by Gasteiger charge is -2.29. The quantitative estimate of drug-likeness (QED) is 0.175. The van der Waals surface area contributed by atoms with Crippen molar-refractivity contribution in [2.24, 2.45) is 0 Å². The van der Waals surface area contributed by atoms with E-state index in [1.807, 2.05) is 11.3 Å². The van der Waals surface area contributed by atoms with E-state index in [0.717, 1.165) is 50.5 Å². The highest BCUT2D eigenvalue weighted by Gasteiger charge is 2.22. The molecule has 0 bridgehead atoms. The second-order valence-corrected chi connectivity index (χ2v) is 14.0. The summed E-state index contributed by atoms with van der Waals surface area (Å²) in [6.45, 7) is 0. The van der Waals surface area contributed by atoms with E-state index in [0.29, 0.717) is 0 Å². The highest BCUT2D eigenvalue weighted by molar-refractivity contribution is 7.26. The van der Waals surface area contributed by atoms with Crippen molar-refractivity contribution in [3.8, 4) is 33.6 Å². The Kier molecular flexibility index (Phi) is 7.04. The highest BCUT2D eigenvalue weighted by Crippen LogP contribution is 2.47. The third-order valence-corrected chi connectivity index (χ3v) is 11.0. The molecule has 2 nitrogen and oxygen atoms in total. The summed E-state index contributed by atoms with van der Waals surface area (Å²) >= 11 is 1.85. The van der Waals surface area contributed by atoms with Gasteiger partial charge in [-0.15, -0.1) is 11.3 Å². The van der Waals surface area contributed by atoms with Crippen LogP contribution in [0.5, 0.6) is 0 Å². The number of benzene rings is 8. The summed E-state index contributed by atoms with van der Waals surface area (Å²) in [6.07, 6.45) is 0. The number of nitrogens with zero attached hydrogens (tertiary/aromatic N) is 1. The van der Waals surface area contributed by atoms with Gasteiger partial charge in [0.2, 0.25) is 0 Å². The zero-order valence-corrected chi connectivity index (χ0v) is 28.5. The zero-order chi connectivity index (χ0) is 33.7. The summed E-state index contributed by atoms with van der Waals surface area (Å²) in [7, 11) is 0. The molecular weight excluding hydrogens is 639 g/mol. The van der Waals surface area contributed by atoms with Gasteiger partial charge < -0.3 is 9.32 Å². The van der Waals surface area contributed by atoms with Crippen LogP contribution < -0.4 is 4.90 Å². The Labute approximate surface area is 300 Å². The molecule has 0 atom stereocenters. The number of rotatable bonds is 6. The van der Waals surface area contributed by atoms with Gasteiger partial charge in [0.05, 0.1) is 11.4 Å². The first-order valence-corrected chi connectivity index (χ1v) is 18.1. The van der Waals surface area contributed by atoms with Crippen molar-refractivity contribution in [2.75, 3.05) is 4.90 Å². The number of hydrogen-bond acceptors (Lipinski definition) is 3. The van der Waals surface area contributed by atoms with E-state index in [1.165, 1.54) is 42.1 Å². The number of fused-ring (bicyclic) bond motifs is 5. The Morgan fingerprint density at radius 3 is 1.96 bits per heavy atom. The molecule has 0 aliphatic rings. The standard InChI is InChI=1S/C48H31NOS/c1-2-12-32(13-3-1)33-24-27-37(28-25-33)49(43-21-11-23-47-48(43)41-18-7-9-22-46(41)51-47)42-20-8-6-17-39(42)35-26-29-44-36(30-35)31-45(50-44)40-19-10-15-34-14-4-5-16-38(34)40/h1-31H. The lowest BCUT2D eigenvalue weighted by molar-refractivity contribution is 0.632. The molecule has 8 aromatic carbocycles. The van der Waals surface area contributed by atoms with Crippen molar-refractivity contribution in [3.63, 3.8) is 0 Å². The molecule has 3 heteroatoms. The van der Waals surface area contributed by atoms with E-state index in [-0.39, 0.29) is 0 Å². The SMILES string of the molecule is c1ccc(-c2ccc(N(c3ccccc3-c3ccc4oc(-c5cccc6ccccc56)cc4c3)c3cccc4sc5ccccc5c34)cc2)cc1. The molecule has 0 radical (unpaired) electrons. The molecule has 0 aliphatic carbocycles. The summed E-state index contributed by atoms with van der Waals surface area (Å²) in [5, 5.41) is 6.02. The Balaban J connectivity index is 1.15. The van der Waals surface area contributed by atoms with Gasteiger partial charge >= 0.3 is 0 Å². The van der Waals surface area contributed by atoms with Crippen LogP contribution in [0.1, 0.15) is 0 Å². The number of thiophene rings is 1. The Morgan fingerprint density at radius 1 is 0.412 bits per heavy atom. The molecular formula is C48H31NOS. The van der Waals surface area contributed by atoms with Gasteiger partial charge in [-0.2, -0.15) is 0 Å². The van der Waals surface area contributed by atoms with Crippen molar-refractivity contribution >= 4 is 70.3 Å². The third-order valence-electron chi connectivity index (χ3n) is 9.88. The van der Waals surface area contributed by atoms with Gasteiger partial charge in [0, 0.05) is 42.4 Å². The summed E-state index contributed by atoms with van der Waals surface area (Å²) in [5.41, 5.74) is 10.0. The van der Waals surface area contributed by atoms with Gasteiger partial charge in [-0.05, 0) is 82.1 Å². The molecule has 2 aromatic heterocycles. The molecule has 240 valence electrons. The van der Waals surface area contributed by atoms with Crippen LogP contribution in [-0.2, 0) is 0 Å². The van der Waals surface area contributed by atoms with E-state index in [2.05, 4.69) is 193 Å². The van der Waals surface area contributed by atoms with E-state index < -0.39 is 0 Å². The molecule has 0 aliphatic heterocycles. The van der Waals surface area contributed by atoms with Gasteiger partial charge in [0.1, 0.15) is 11.3 Å². The number of furan rings is 1. The van der Waals surface area contributed by atoms with E-state index in [4.69, 9.17) is 4.42 Å². The number of hydrogen-bond donors (Lipinski definition) is 0. The Hall–Kier alpha value is -6.42. The average molecular weight is 670 g/mol. The molecule has 0 spiro atoms. The fraction of sp³-hybridized carbons (Fsp3) is 0. The van der Waals surface area contributed by atoms with Crippen molar-refractivity contribution in [1.29, 1.82) is 0 Å². The zero-order valence-electron chi connectivity index (χ0n) is 27.7. The van der Waals surface area contributed by atoms with Crippen LogP contribution in [0.15, 0.2) is 192 Å². The van der Waals surface area contributed by atoms with Crippen LogP contribution in [0.4, 0.5) is 17.1 Å². The third kappa shape index (κ3) is 5.10. The normalized spacial score (nSPS) is 11.5. The largest absolute Gasteiger partial charge is 0.456 e.